The summed E-state index contributed by atoms with van der Waals surface area (Å²) >= 11 is 0. The largest absolute Gasteiger partial charge is 0.399 e. The number of halogens is 2. The first-order chi connectivity index (χ1) is 8.67. The van der Waals surface area contributed by atoms with Crippen molar-refractivity contribution in [3.05, 3.63) is 29.8 Å². The quantitative estimate of drug-likeness (QED) is 0.759. The van der Waals surface area contributed by atoms with Crippen molar-refractivity contribution >= 4 is 36.4 Å². The van der Waals surface area contributed by atoms with Crippen LogP contribution in [0.2, 0.25) is 0 Å². The molecule has 3 N–H and O–H groups in total. The zero-order valence-electron chi connectivity index (χ0n) is 12.1. The molecule has 0 aliphatic heterocycles. The van der Waals surface area contributed by atoms with E-state index in [1.165, 1.54) is 0 Å². The molecule has 0 radical (unpaired) electrons. The summed E-state index contributed by atoms with van der Waals surface area (Å²) < 4.78 is 0. The average Bonchev–Trinajstić information content (AvgIpc) is 2.37. The number of nitrogens with two attached hydrogens (primary N) is 1. The van der Waals surface area contributed by atoms with Crippen LogP contribution in [0.1, 0.15) is 30.6 Å². The summed E-state index contributed by atoms with van der Waals surface area (Å²) in [5.74, 6) is -0.0603. The van der Waals surface area contributed by atoms with Gasteiger partial charge < -0.3 is 16.0 Å². The fourth-order valence-electron chi connectivity index (χ4n) is 1.85. The molecule has 20 heavy (non-hydrogen) atoms. The summed E-state index contributed by atoms with van der Waals surface area (Å²) in [7, 11) is 0. The summed E-state index contributed by atoms with van der Waals surface area (Å²) in [6.45, 7) is 7.94. The molecule has 0 saturated carbocycles. The number of benzene rings is 1. The van der Waals surface area contributed by atoms with Gasteiger partial charge in [-0.05, 0) is 37.7 Å². The lowest BCUT2D eigenvalue weighted by Crippen LogP contribution is -2.35. The summed E-state index contributed by atoms with van der Waals surface area (Å²) in [6.07, 6.45) is 1.14. The highest BCUT2D eigenvalue weighted by Crippen LogP contribution is 2.05. The van der Waals surface area contributed by atoms with Crippen LogP contribution in [0, 0.1) is 0 Å². The number of rotatable bonds is 7. The Morgan fingerprint density at radius 1 is 1.25 bits per heavy atom. The average molecular weight is 322 g/mol. The van der Waals surface area contributed by atoms with E-state index in [2.05, 4.69) is 24.1 Å². The van der Waals surface area contributed by atoms with Crippen LogP contribution in [0.3, 0.4) is 0 Å². The third-order valence-corrected chi connectivity index (χ3v) is 2.85. The highest BCUT2D eigenvalue weighted by molar-refractivity contribution is 5.94. The first kappa shape index (κ1) is 21.3. The van der Waals surface area contributed by atoms with E-state index in [1.54, 1.807) is 24.3 Å². The third kappa shape index (κ3) is 7.58. The van der Waals surface area contributed by atoms with Crippen LogP contribution < -0.4 is 11.1 Å². The number of hydrogen-bond acceptors (Lipinski definition) is 3. The number of carbonyl (C=O) groups is 1. The van der Waals surface area contributed by atoms with Crippen LogP contribution in [0.25, 0.3) is 0 Å². The predicted octanol–water partition coefficient (Wildman–Crippen LogP) is 2.57. The molecule has 6 heteroatoms. The number of amides is 1. The van der Waals surface area contributed by atoms with E-state index in [-0.39, 0.29) is 30.7 Å². The minimum absolute atomic E-state index is 0. The van der Waals surface area contributed by atoms with Crippen LogP contribution in [0.4, 0.5) is 5.69 Å². The maximum absolute atomic E-state index is 11.8. The normalized spacial score (nSPS) is 9.55. The Hall–Kier alpha value is -0.970. The van der Waals surface area contributed by atoms with Gasteiger partial charge in [-0.25, -0.2) is 0 Å². The Labute approximate surface area is 133 Å². The van der Waals surface area contributed by atoms with Gasteiger partial charge in [0.05, 0.1) is 0 Å². The van der Waals surface area contributed by atoms with E-state index >= 15 is 0 Å². The number of nitrogens with one attached hydrogen (secondary N) is 1. The van der Waals surface area contributed by atoms with Crippen molar-refractivity contribution in [2.45, 2.75) is 20.3 Å². The second kappa shape index (κ2) is 11.8. The molecule has 0 aromatic heterocycles. The van der Waals surface area contributed by atoms with E-state index in [9.17, 15) is 4.79 Å². The maximum atomic E-state index is 11.8. The van der Waals surface area contributed by atoms with Gasteiger partial charge in [0.25, 0.3) is 5.91 Å². The van der Waals surface area contributed by atoms with Gasteiger partial charge in [-0.15, -0.1) is 24.8 Å². The number of hydrogen-bond donors (Lipinski definition) is 2. The van der Waals surface area contributed by atoms with Crippen LogP contribution in [0.5, 0.6) is 0 Å². The first-order valence-electron chi connectivity index (χ1n) is 6.53. The molecule has 1 amide bonds. The molecule has 0 fully saturated rings. The van der Waals surface area contributed by atoms with E-state index in [4.69, 9.17) is 5.73 Å². The second-order valence-electron chi connectivity index (χ2n) is 4.32. The molecule has 0 saturated heterocycles. The fraction of sp³-hybridized carbons (Fsp3) is 0.500. The minimum Gasteiger partial charge on any atom is -0.399 e. The summed E-state index contributed by atoms with van der Waals surface area (Å²) in [6, 6.07) is 7.03. The highest BCUT2D eigenvalue weighted by atomic mass is 35.5. The first-order valence-corrected chi connectivity index (χ1v) is 6.53. The van der Waals surface area contributed by atoms with Crippen LogP contribution in [-0.2, 0) is 0 Å². The monoisotopic (exact) mass is 321 g/mol. The maximum Gasteiger partial charge on any atom is 0.251 e. The Balaban J connectivity index is 0. The van der Waals surface area contributed by atoms with Gasteiger partial charge in [-0.3, -0.25) is 4.79 Å². The molecular weight excluding hydrogens is 297 g/mol. The lowest BCUT2D eigenvalue weighted by Gasteiger charge is -2.19. The smallest absolute Gasteiger partial charge is 0.251 e. The summed E-state index contributed by atoms with van der Waals surface area (Å²) in [5.41, 5.74) is 6.88. The zero-order valence-corrected chi connectivity index (χ0v) is 13.7. The van der Waals surface area contributed by atoms with Gasteiger partial charge in [-0.1, -0.05) is 19.9 Å². The Kier molecular flexibility index (Phi) is 12.6. The molecule has 0 spiro atoms. The molecule has 0 heterocycles. The minimum atomic E-state index is -0.0603. The Morgan fingerprint density at radius 3 is 2.50 bits per heavy atom. The number of anilines is 1. The number of likely N-dealkylation sites (N-methyl/N-ethyl adjacent to an activating group) is 1. The van der Waals surface area contributed by atoms with Gasteiger partial charge >= 0.3 is 0 Å². The topological polar surface area (TPSA) is 58.4 Å². The van der Waals surface area contributed by atoms with E-state index in [0.29, 0.717) is 17.8 Å². The molecule has 4 nitrogen and oxygen atoms in total. The summed E-state index contributed by atoms with van der Waals surface area (Å²) in [4.78, 5) is 14.2. The lowest BCUT2D eigenvalue weighted by atomic mass is 10.2. The van der Waals surface area contributed by atoms with E-state index < -0.39 is 0 Å². The SMILES string of the molecule is CCCN(CC)CCNC(=O)c1cccc(N)c1.Cl.Cl. The Bertz CT molecular complexity index is 388. The van der Waals surface area contributed by atoms with Crippen molar-refractivity contribution in [3.63, 3.8) is 0 Å². The van der Waals surface area contributed by atoms with Crippen molar-refractivity contribution in [1.82, 2.24) is 10.2 Å². The van der Waals surface area contributed by atoms with Crippen molar-refractivity contribution in [1.29, 1.82) is 0 Å². The lowest BCUT2D eigenvalue weighted by molar-refractivity contribution is 0.0948. The van der Waals surface area contributed by atoms with Crippen molar-refractivity contribution in [2.75, 3.05) is 31.9 Å². The molecule has 1 rings (SSSR count). The predicted molar refractivity (Wildman–Crippen MR) is 90.1 cm³/mol. The van der Waals surface area contributed by atoms with Gasteiger partial charge in [0, 0.05) is 24.3 Å². The number of carbonyl (C=O) groups excluding carboxylic acids is 1. The van der Waals surface area contributed by atoms with Crippen LogP contribution in [-0.4, -0.2) is 37.0 Å². The molecule has 1 aromatic rings. The van der Waals surface area contributed by atoms with Gasteiger partial charge in [-0.2, -0.15) is 0 Å². The molecule has 0 bridgehead atoms. The number of nitrogen functional groups attached to an aromatic ring is 1. The molecule has 1 aromatic carbocycles. The van der Waals surface area contributed by atoms with Gasteiger partial charge in [0.1, 0.15) is 0 Å². The van der Waals surface area contributed by atoms with Crippen molar-refractivity contribution < 1.29 is 4.79 Å². The van der Waals surface area contributed by atoms with Gasteiger partial charge in [0.15, 0.2) is 0 Å². The molecule has 0 atom stereocenters. The second-order valence-corrected chi connectivity index (χ2v) is 4.32. The molecule has 116 valence electrons. The standard InChI is InChI=1S/C14H23N3O.2ClH/c1-3-9-17(4-2)10-8-16-14(18)12-6-5-7-13(15)11-12;;/h5-7,11H,3-4,8-10,15H2,1-2H3,(H,16,18);2*1H. The molecular formula is C14H25Cl2N3O. The van der Waals surface area contributed by atoms with Gasteiger partial charge in [0.2, 0.25) is 0 Å². The Morgan fingerprint density at radius 2 is 1.95 bits per heavy atom. The van der Waals surface area contributed by atoms with Crippen LogP contribution in [0.15, 0.2) is 24.3 Å². The molecule has 0 unspecified atom stereocenters. The number of nitrogens with zero attached hydrogens (tertiary/aromatic N) is 1. The third-order valence-electron chi connectivity index (χ3n) is 2.85. The fourth-order valence-corrected chi connectivity index (χ4v) is 1.85. The zero-order chi connectivity index (χ0) is 13.4. The van der Waals surface area contributed by atoms with Crippen molar-refractivity contribution in [2.24, 2.45) is 0 Å². The van der Waals surface area contributed by atoms with E-state index in [1.807, 2.05) is 0 Å². The van der Waals surface area contributed by atoms with E-state index in [0.717, 1.165) is 26.1 Å². The van der Waals surface area contributed by atoms with Crippen molar-refractivity contribution in [3.8, 4) is 0 Å². The molecule has 0 aliphatic carbocycles. The highest BCUT2D eigenvalue weighted by Gasteiger charge is 2.06. The molecule has 0 aliphatic rings. The summed E-state index contributed by atoms with van der Waals surface area (Å²) in [5, 5.41) is 2.91. The van der Waals surface area contributed by atoms with Crippen LogP contribution >= 0.6 is 24.8 Å².